The van der Waals surface area contributed by atoms with Crippen LogP contribution in [0.4, 0.5) is 11.5 Å². The lowest BCUT2D eigenvalue weighted by atomic mass is 10.2. The van der Waals surface area contributed by atoms with E-state index in [0.717, 1.165) is 5.56 Å². The van der Waals surface area contributed by atoms with E-state index in [1.54, 1.807) is 24.3 Å². The maximum atomic E-state index is 11.6. The SMILES string of the molecule is COc1ccccc1Oc1ncnc(NCc2ccccc2)c1[N+](=O)[O-]. The van der Waals surface area contributed by atoms with Gasteiger partial charge < -0.3 is 14.8 Å². The highest BCUT2D eigenvalue weighted by Gasteiger charge is 2.25. The molecule has 132 valence electrons. The number of para-hydroxylation sites is 2. The molecule has 8 nitrogen and oxygen atoms in total. The molecule has 0 atom stereocenters. The molecule has 0 amide bonds. The monoisotopic (exact) mass is 352 g/mol. The molecule has 0 saturated carbocycles. The zero-order valence-electron chi connectivity index (χ0n) is 14.0. The fourth-order valence-corrected chi connectivity index (χ4v) is 2.32. The van der Waals surface area contributed by atoms with Crippen molar-refractivity contribution >= 4 is 11.5 Å². The molecule has 0 bridgehead atoms. The van der Waals surface area contributed by atoms with Gasteiger partial charge in [-0.25, -0.2) is 4.98 Å². The van der Waals surface area contributed by atoms with Crippen molar-refractivity contribution in [1.82, 2.24) is 9.97 Å². The van der Waals surface area contributed by atoms with Gasteiger partial charge in [0, 0.05) is 6.54 Å². The Bertz CT molecular complexity index is 903. The quantitative estimate of drug-likeness (QED) is 0.510. The first kappa shape index (κ1) is 17.2. The third-order valence-electron chi connectivity index (χ3n) is 3.55. The second-order valence-corrected chi connectivity index (χ2v) is 5.23. The molecule has 0 unspecified atom stereocenters. The van der Waals surface area contributed by atoms with E-state index in [4.69, 9.17) is 9.47 Å². The molecule has 0 aliphatic carbocycles. The van der Waals surface area contributed by atoms with Crippen LogP contribution in [-0.2, 0) is 6.54 Å². The lowest BCUT2D eigenvalue weighted by molar-refractivity contribution is -0.385. The van der Waals surface area contributed by atoms with Crippen LogP contribution in [0.3, 0.4) is 0 Å². The summed E-state index contributed by atoms with van der Waals surface area (Å²) in [6, 6.07) is 16.3. The average molecular weight is 352 g/mol. The van der Waals surface area contributed by atoms with Gasteiger partial charge in [-0.1, -0.05) is 42.5 Å². The van der Waals surface area contributed by atoms with Crippen LogP contribution in [0.1, 0.15) is 5.56 Å². The molecule has 1 N–H and O–H groups in total. The third kappa shape index (κ3) is 3.86. The van der Waals surface area contributed by atoms with E-state index in [2.05, 4.69) is 15.3 Å². The van der Waals surface area contributed by atoms with Crippen molar-refractivity contribution in [3.63, 3.8) is 0 Å². The first-order valence-corrected chi connectivity index (χ1v) is 7.77. The van der Waals surface area contributed by atoms with Gasteiger partial charge in [0.05, 0.1) is 12.0 Å². The Morgan fingerprint density at radius 1 is 1.04 bits per heavy atom. The number of nitrogens with one attached hydrogen (secondary N) is 1. The largest absolute Gasteiger partial charge is 0.493 e. The average Bonchev–Trinajstić information content (AvgIpc) is 2.67. The van der Waals surface area contributed by atoms with Crippen molar-refractivity contribution in [2.24, 2.45) is 0 Å². The third-order valence-corrected chi connectivity index (χ3v) is 3.55. The van der Waals surface area contributed by atoms with E-state index in [-0.39, 0.29) is 17.4 Å². The number of hydrogen-bond donors (Lipinski definition) is 1. The zero-order chi connectivity index (χ0) is 18.4. The van der Waals surface area contributed by atoms with Crippen LogP contribution in [0, 0.1) is 10.1 Å². The number of aromatic nitrogens is 2. The molecule has 3 rings (SSSR count). The first-order chi connectivity index (χ1) is 12.7. The van der Waals surface area contributed by atoms with E-state index in [0.29, 0.717) is 18.0 Å². The maximum absolute atomic E-state index is 11.6. The molecule has 0 saturated heterocycles. The Kier molecular flexibility index (Phi) is 5.23. The lowest BCUT2D eigenvalue weighted by Crippen LogP contribution is -2.07. The molecule has 26 heavy (non-hydrogen) atoms. The second kappa shape index (κ2) is 7.93. The summed E-state index contributed by atoms with van der Waals surface area (Å²) < 4.78 is 10.8. The highest BCUT2D eigenvalue weighted by atomic mass is 16.6. The topological polar surface area (TPSA) is 99.4 Å². The number of anilines is 1. The summed E-state index contributed by atoms with van der Waals surface area (Å²) in [6.07, 6.45) is 1.21. The Hall–Kier alpha value is -3.68. The van der Waals surface area contributed by atoms with Crippen LogP contribution >= 0.6 is 0 Å². The molecular weight excluding hydrogens is 336 g/mol. The standard InChI is InChI=1S/C18H16N4O4/c1-25-14-9-5-6-10-15(14)26-18-16(22(23)24)17(20-12-21-18)19-11-13-7-3-2-4-8-13/h2-10,12H,11H2,1H3,(H,19,20,21). The summed E-state index contributed by atoms with van der Waals surface area (Å²) in [4.78, 5) is 18.9. The normalized spacial score (nSPS) is 10.2. The Balaban J connectivity index is 1.90. The molecule has 1 heterocycles. The molecule has 0 aliphatic heterocycles. The van der Waals surface area contributed by atoms with Gasteiger partial charge in [-0.15, -0.1) is 0 Å². The number of hydrogen-bond acceptors (Lipinski definition) is 7. The first-order valence-electron chi connectivity index (χ1n) is 7.77. The molecule has 0 aliphatic rings. The minimum absolute atomic E-state index is 0.0822. The Labute approximate surface area is 149 Å². The van der Waals surface area contributed by atoms with Crippen LogP contribution in [0.25, 0.3) is 0 Å². The fourth-order valence-electron chi connectivity index (χ4n) is 2.32. The van der Waals surface area contributed by atoms with Gasteiger partial charge in [-0.2, -0.15) is 4.98 Å². The van der Waals surface area contributed by atoms with Crippen molar-refractivity contribution in [2.45, 2.75) is 6.54 Å². The van der Waals surface area contributed by atoms with Gasteiger partial charge in [0.2, 0.25) is 5.82 Å². The molecule has 2 aromatic carbocycles. The van der Waals surface area contributed by atoms with Crippen molar-refractivity contribution < 1.29 is 14.4 Å². The highest BCUT2D eigenvalue weighted by molar-refractivity contribution is 5.62. The van der Waals surface area contributed by atoms with E-state index in [1.807, 2.05) is 30.3 Å². The Morgan fingerprint density at radius 2 is 1.73 bits per heavy atom. The highest BCUT2D eigenvalue weighted by Crippen LogP contribution is 2.37. The number of nitro groups is 1. The van der Waals surface area contributed by atoms with Gasteiger partial charge in [0.1, 0.15) is 6.33 Å². The summed E-state index contributed by atoms with van der Waals surface area (Å²) in [7, 11) is 1.49. The van der Waals surface area contributed by atoms with Crippen molar-refractivity contribution in [3.8, 4) is 17.4 Å². The summed E-state index contributed by atoms with van der Waals surface area (Å²) in [5, 5.41) is 14.5. The Morgan fingerprint density at radius 3 is 2.42 bits per heavy atom. The number of nitrogens with zero attached hydrogens (tertiary/aromatic N) is 3. The van der Waals surface area contributed by atoms with E-state index < -0.39 is 4.92 Å². The van der Waals surface area contributed by atoms with Crippen LogP contribution in [-0.4, -0.2) is 22.0 Å². The number of methoxy groups -OCH3 is 1. The molecule has 3 aromatic rings. The van der Waals surface area contributed by atoms with Gasteiger partial charge in [0.25, 0.3) is 0 Å². The minimum atomic E-state index is -0.571. The maximum Gasteiger partial charge on any atom is 0.373 e. The van der Waals surface area contributed by atoms with Crippen molar-refractivity contribution in [1.29, 1.82) is 0 Å². The number of benzene rings is 2. The fraction of sp³-hybridized carbons (Fsp3) is 0.111. The van der Waals surface area contributed by atoms with E-state index in [9.17, 15) is 10.1 Å². The minimum Gasteiger partial charge on any atom is -0.493 e. The summed E-state index contributed by atoms with van der Waals surface area (Å²) in [5.41, 5.74) is 0.627. The van der Waals surface area contributed by atoms with Gasteiger partial charge in [0.15, 0.2) is 11.5 Å². The zero-order valence-corrected chi connectivity index (χ0v) is 14.0. The molecule has 0 radical (unpaired) electrons. The smallest absolute Gasteiger partial charge is 0.373 e. The van der Waals surface area contributed by atoms with E-state index >= 15 is 0 Å². The lowest BCUT2D eigenvalue weighted by Gasteiger charge is -2.11. The van der Waals surface area contributed by atoms with Crippen LogP contribution in [0.5, 0.6) is 17.4 Å². The number of ether oxygens (including phenoxy) is 2. The predicted octanol–water partition coefficient (Wildman–Crippen LogP) is 3.80. The second-order valence-electron chi connectivity index (χ2n) is 5.23. The molecule has 8 heteroatoms. The van der Waals surface area contributed by atoms with Crippen molar-refractivity contribution in [2.75, 3.05) is 12.4 Å². The molecule has 0 spiro atoms. The molecule has 1 aromatic heterocycles. The summed E-state index contributed by atoms with van der Waals surface area (Å²) in [6.45, 7) is 0.382. The van der Waals surface area contributed by atoms with Gasteiger partial charge in [-0.3, -0.25) is 10.1 Å². The van der Waals surface area contributed by atoms with Gasteiger partial charge >= 0.3 is 11.6 Å². The predicted molar refractivity (Wildman–Crippen MR) is 95.5 cm³/mol. The summed E-state index contributed by atoms with van der Waals surface area (Å²) in [5.74, 6) is 0.689. The van der Waals surface area contributed by atoms with Crippen LogP contribution in [0.15, 0.2) is 60.9 Å². The number of rotatable bonds is 7. The van der Waals surface area contributed by atoms with Crippen LogP contribution < -0.4 is 14.8 Å². The van der Waals surface area contributed by atoms with E-state index in [1.165, 1.54) is 13.4 Å². The van der Waals surface area contributed by atoms with Gasteiger partial charge in [-0.05, 0) is 17.7 Å². The van der Waals surface area contributed by atoms with Crippen molar-refractivity contribution in [3.05, 3.63) is 76.6 Å². The van der Waals surface area contributed by atoms with Crippen LogP contribution in [0.2, 0.25) is 0 Å². The molecule has 0 fully saturated rings. The summed E-state index contributed by atoms with van der Waals surface area (Å²) >= 11 is 0. The molecular formula is C18H16N4O4.